The van der Waals surface area contributed by atoms with Crippen molar-refractivity contribution in [2.45, 2.75) is 63.8 Å². The molecule has 0 aliphatic carbocycles. The van der Waals surface area contributed by atoms with Crippen LogP contribution in [0.5, 0.6) is 0 Å². The van der Waals surface area contributed by atoms with E-state index >= 15 is 0 Å². The lowest BCUT2D eigenvalue weighted by atomic mass is 9.98. The van der Waals surface area contributed by atoms with Crippen LogP contribution in [0.3, 0.4) is 0 Å². The monoisotopic (exact) mass is 414 g/mol. The van der Waals surface area contributed by atoms with Gasteiger partial charge in [-0.15, -0.1) is 0 Å². The van der Waals surface area contributed by atoms with Crippen molar-refractivity contribution >= 4 is 21.6 Å². The molecular formula is C23H30N2O3S. The Bertz CT molecular complexity index is 982. The number of carbonyl (C=O) groups is 1. The Hall–Kier alpha value is -2.18. The molecule has 0 bridgehead atoms. The van der Waals surface area contributed by atoms with Crippen LogP contribution in [0.15, 0.2) is 47.4 Å². The minimum Gasteiger partial charge on any atom is -0.321 e. The van der Waals surface area contributed by atoms with E-state index in [0.29, 0.717) is 12.1 Å². The van der Waals surface area contributed by atoms with E-state index in [1.807, 2.05) is 32.0 Å². The van der Waals surface area contributed by atoms with Crippen LogP contribution in [-0.4, -0.2) is 31.2 Å². The Labute approximate surface area is 174 Å². The van der Waals surface area contributed by atoms with Crippen molar-refractivity contribution < 1.29 is 13.2 Å². The lowest BCUT2D eigenvalue weighted by molar-refractivity contribution is 0.102. The molecular weight excluding hydrogens is 384 g/mol. The number of hydrogen-bond acceptors (Lipinski definition) is 3. The zero-order valence-electron chi connectivity index (χ0n) is 17.6. The topological polar surface area (TPSA) is 66.5 Å². The molecule has 2 aromatic carbocycles. The summed E-state index contributed by atoms with van der Waals surface area (Å²) in [5.74, 6) is 0.0424. The first-order chi connectivity index (χ1) is 13.7. The van der Waals surface area contributed by atoms with Crippen LogP contribution in [0.25, 0.3) is 0 Å². The van der Waals surface area contributed by atoms with Gasteiger partial charge in [0.1, 0.15) is 0 Å². The smallest absolute Gasteiger partial charge is 0.255 e. The molecule has 1 aliphatic heterocycles. The van der Waals surface area contributed by atoms with Gasteiger partial charge in [0, 0.05) is 23.8 Å². The highest BCUT2D eigenvalue weighted by molar-refractivity contribution is 7.89. The molecule has 0 aromatic heterocycles. The van der Waals surface area contributed by atoms with Crippen LogP contribution in [-0.2, 0) is 10.0 Å². The van der Waals surface area contributed by atoms with Gasteiger partial charge in [0.25, 0.3) is 5.91 Å². The highest BCUT2D eigenvalue weighted by atomic mass is 32.2. The minimum absolute atomic E-state index is 0.00670. The Morgan fingerprint density at radius 2 is 1.79 bits per heavy atom. The van der Waals surface area contributed by atoms with Crippen LogP contribution in [0.1, 0.15) is 67.4 Å². The third-order valence-electron chi connectivity index (χ3n) is 5.63. The van der Waals surface area contributed by atoms with Gasteiger partial charge in [-0.05, 0) is 68.0 Å². The maximum atomic E-state index is 13.0. The number of anilines is 1. The molecule has 3 rings (SSSR count). The van der Waals surface area contributed by atoms with Crippen molar-refractivity contribution in [2.24, 2.45) is 0 Å². The molecule has 2 aromatic rings. The molecule has 0 radical (unpaired) electrons. The van der Waals surface area contributed by atoms with E-state index in [9.17, 15) is 13.2 Å². The molecule has 1 N–H and O–H groups in total. The first-order valence-electron chi connectivity index (χ1n) is 10.2. The zero-order valence-corrected chi connectivity index (χ0v) is 18.4. The zero-order chi connectivity index (χ0) is 21.2. The Morgan fingerprint density at radius 1 is 1.10 bits per heavy atom. The normalized spacial score (nSPS) is 18.0. The van der Waals surface area contributed by atoms with Crippen molar-refractivity contribution in [3.8, 4) is 0 Å². The van der Waals surface area contributed by atoms with Crippen molar-refractivity contribution in [1.82, 2.24) is 4.31 Å². The van der Waals surface area contributed by atoms with E-state index < -0.39 is 10.0 Å². The van der Waals surface area contributed by atoms with E-state index in [4.69, 9.17) is 0 Å². The first-order valence-corrected chi connectivity index (χ1v) is 11.7. The Balaban J connectivity index is 1.81. The van der Waals surface area contributed by atoms with Crippen molar-refractivity contribution in [2.75, 3.05) is 11.9 Å². The fourth-order valence-corrected chi connectivity index (χ4v) is 5.57. The van der Waals surface area contributed by atoms with Gasteiger partial charge < -0.3 is 5.32 Å². The molecule has 1 unspecified atom stereocenters. The predicted molar refractivity (Wildman–Crippen MR) is 117 cm³/mol. The maximum absolute atomic E-state index is 13.0. The fourth-order valence-electron chi connectivity index (χ4n) is 3.87. The van der Waals surface area contributed by atoms with Crippen molar-refractivity contribution in [3.63, 3.8) is 0 Å². The highest BCUT2D eigenvalue weighted by Crippen LogP contribution is 2.28. The summed E-state index contributed by atoms with van der Waals surface area (Å²) in [6.07, 6.45) is 2.83. The van der Waals surface area contributed by atoms with E-state index in [-0.39, 0.29) is 22.8 Å². The standard InChI is InChI=1S/C23H30N2O3S/c1-16(2)21-10-7-8-17(3)22(21)24-23(26)19-11-13-20(14-12-19)29(27,28)25-15-6-5-9-18(25)4/h7-8,10-14,16,18H,5-6,9,15H2,1-4H3,(H,24,26). The van der Waals surface area contributed by atoms with Crippen molar-refractivity contribution in [1.29, 1.82) is 0 Å². The summed E-state index contributed by atoms with van der Waals surface area (Å²) in [5.41, 5.74) is 3.35. The summed E-state index contributed by atoms with van der Waals surface area (Å²) >= 11 is 0. The average molecular weight is 415 g/mol. The average Bonchev–Trinajstić information content (AvgIpc) is 2.69. The van der Waals surface area contributed by atoms with E-state index in [1.165, 1.54) is 12.1 Å². The summed E-state index contributed by atoms with van der Waals surface area (Å²) in [4.78, 5) is 13.0. The number of hydrogen-bond donors (Lipinski definition) is 1. The first kappa shape index (κ1) is 21.5. The molecule has 1 heterocycles. The molecule has 1 saturated heterocycles. The van der Waals surface area contributed by atoms with Crippen LogP contribution < -0.4 is 5.32 Å². The van der Waals surface area contributed by atoms with Gasteiger partial charge in [-0.25, -0.2) is 8.42 Å². The molecule has 1 fully saturated rings. The van der Waals surface area contributed by atoms with Crippen LogP contribution in [0.4, 0.5) is 5.69 Å². The van der Waals surface area contributed by atoms with Gasteiger partial charge in [0.2, 0.25) is 10.0 Å². The molecule has 156 valence electrons. The number of amides is 1. The summed E-state index contributed by atoms with van der Waals surface area (Å²) < 4.78 is 27.5. The molecule has 1 aliphatic rings. The van der Waals surface area contributed by atoms with Gasteiger partial charge in [-0.2, -0.15) is 4.31 Å². The number of nitrogens with one attached hydrogen (secondary N) is 1. The lowest BCUT2D eigenvalue weighted by Crippen LogP contribution is -2.41. The van der Waals surface area contributed by atoms with Gasteiger partial charge in [-0.1, -0.05) is 38.5 Å². The number of para-hydroxylation sites is 1. The number of carbonyl (C=O) groups excluding carboxylic acids is 1. The number of sulfonamides is 1. The molecule has 1 atom stereocenters. The minimum atomic E-state index is -3.54. The van der Waals surface area contributed by atoms with Crippen LogP contribution in [0.2, 0.25) is 0 Å². The molecule has 29 heavy (non-hydrogen) atoms. The molecule has 6 heteroatoms. The molecule has 5 nitrogen and oxygen atoms in total. The third-order valence-corrected chi connectivity index (χ3v) is 7.66. The second kappa shape index (κ2) is 8.67. The van der Waals surface area contributed by atoms with Crippen LogP contribution in [0, 0.1) is 6.92 Å². The number of benzene rings is 2. The van der Waals surface area contributed by atoms with E-state index in [1.54, 1.807) is 16.4 Å². The number of nitrogens with zero attached hydrogens (tertiary/aromatic N) is 1. The number of aryl methyl sites for hydroxylation is 1. The quantitative estimate of drug-likeness (QED) is 0.754. The number of rotatable bonds is 5. The second-order valence-corrected chi connectivity index (χ2v) is 10.0. The molecule has 0 spiro atoms. The third kappa shape index (κ3) is 4.54. The van der Waals surface area contributed by atoms with Gasteiger partial charge >= 0.3 is 0 Å². The summed E-state index contributed by atoms with van der Waals surface area (Å²) in [5, 5.41) is 3.01. The SMILES string of the molecule is Cc1cccc(C(C)C)c1NC(=O)c1ccc(S(=O)(=O)N2CCCCC2C)cc1. The predicted octanol–water partition coefficient (Wildman–Crippen LogP) is 4.93. The van der Waals surface area contributed by atoms with E-state index in [0.717, 1.165) is 36.1 Å². The van der Waals surface area contributed by atoms with Gasteiger partial charge in [0.15, 0.2) is 0 Å². The van der Waals surface area contributed by atoms with E-state index in [2.05, 4.69) is 19.2 Å². The molecule has 0 saturated carbocycles. The summed E-state index contributed by atoms with van der Waals surface area (Å²) in [6.45, 7) is 8.65. The summed E-state index contributed by atoms with van der Waals surface area (Å²) in [7, 11) is -3.54. The molecule has 1 amide bonds. The van der Waals surface area contributed by atoms with Crippen molar-refractivity contribution in [3.05, 3.63) is 59.2 Å². The van der Waals surface area contributed by atoms with Crippen LogP contribution >= 0.6 is 0 Å². The maximum Gasteiger partial charge on any atom is 0.255 e. The highest BCUT2D eigenvalue weighted by Gasteiger charge is 2.31. The van der Waals surface area contributed by atoms with Gasteiger partial charge in [0.05, 0.1) is 4.90 Å². The second-order valence-electron chi connectivity index (χ2n) is 8.13. The fraction of sp³-hybridized carbons (Fsp3) is 0.435. The lowest BCUT2D eigenvalue weighted by Gasteiger charge is -2.32. The largest absolute Gasteiger partial charge is 0.321 e. The summed E-state index contributed by atoms with van der Waals surface area (Å²) in [6, 6.07) is 12.2. The Morgan fingerprint density at radius 3 is 2.41 bits per heavy atom. The Kier molecular flexibility index (Phi) is 6.44. The van der Waals surface area contributed by atoms with Gasteiger partial charge in [-0.3, -0.25) is 4.79 Å². The number of piperidine rings is 1.